The lowest BCUT2D eigenvalue weighted by molar-refractivity contribution is -0.151. The van der Waals surface area contributed by atoms with Gasteiger partial charge < -0.3 is 20.3 Å². The van der Waals surface area contributed by atoms with Gasteiger partial charge in [0.1, 0.15) is 6.10 Å². The van der Waals surface area contributed by atoms with E-state index in [9.17, 15) is 19.8 Å². The molecule has 0 radical (unpaired) electrons. The average molecular weight is 838 g/mol. The van der Waals surface area contributed by atoms with E-state index < -0.39 is 18.2 Å². The Kier molecular flexibility index (Phi) is 45.2. The Morgan fingerprint density at radius 1 is 0.500 bits per heavy atom. The Bertz CT molecular complexity index is 1120. The van der Waals surface area contributed by atoms with E-state index in [0.29, 0.717) is 19.3 Å². The fraction of sp³-hybridized carbons (Fsp3) is 0.741. The minimum atomic E-state index is -0.803. The Balaban J connectivity index is 4.66. The molecule has 346 valence electrons. The number of amides is 1. The quantitative estimate of drug-likeness (QED) is 0.0323. The van der Waals surface area contributed by atoms with Crippen LogP contribution in [0.3, 0.4) is 0 Å². The highest BCUT2D eigenvalue weighted by atomic mass is 16.5. The van der Waals surface area contributed by atoms with Crippen LogP contribution in [0.15, 0.2) is 72.9 Å². The van der Waals surface area contributed by atoms with E-state index in [2.05, 4.69) is 74.7 Å². The molecule has 3 unspecified atom stereocenters. The van der Waals surface area contributed by atoms with Gasteiger partial charge in [-0.3, -0.25) is 9.59 Å². The number of rotatable bonds is 44. The van der Waals surface area contributed by atoms with Gasteiger partial charge in [-0.2, -0.15) is 0 Å². The van der Waals surface area contributed by atoms with Gasteiger partial charge >= 0.3 is 5.97 Å². The molecular weight excluding hydrogens is 743 g/mol. The monoisotopic (exact) mass is 838 g/mol. The minimum Gasteiger partial charge on any atom is -0.462 e. The summed E-state index contributed by atoms with van der Waals surface area (Å²) in [7, 11) is 0. The van der Waals surface area contributed by atoms with Crippen molar-refractivity contribution in [3.8, 4) is 0 Å². The Hall–Kier alpha value is -2.70. The molecule has 0 fully saturated rings. The number of unbranched alkanes of at least 4 members (excludes halogenated alkanes) is 24. The lowest BCUT2D eigenvalue weighted by atomic mass is 10.0. The van der Waals surface area contributed by atoms with E-state index in [1.54, 1.807) is 0 Å². The van der Waals surface area contributed by atoms with Crippen molar-refractivity contribution < 1.29 is 24.5 Å². The third kappa shape index (κ3) is 42.0. The lowest BCUT2D eigenvalue weighted by Crippen LogP contribution is -2.46. The summed E-state index contributed by atoms with van der Waals surface area (Å²) < 4.78 is 5.90. The molecule has 0 aliphatic carbocycles. The van der Waals surface area contributed by atoms with Crippen LogP contribution in [0.2, 0.25) is 0 Å². The largest absolute Gasteiger partial charge is 0.462 e. The van der Waals surface area contributed by atoms with Crippen molar-refractivity contribution in [1.29, 1.82) is 0 Å². The van der Waals surface area contributed by atoms with E-state index in [4.69, 9.17) is 4.74 Å². The summed E-state index contributed by atoms with van der Waals surface area (Å²) in [5, 5.41) is 23.7. The smallest absolute Gasteiger partial charge is 0.306 e. The van der Waals surface area contributed by atoms with Crippen LogP contribution in [0.1, 0.15) is 233 Å². The van der Waals surface area contributed by atoms with Gasteiger partial charge in [0.25, 0.3) is 0 Å². The maximum absolute atomic E-state index is 13.2. The van der Waals surface area contributed by atoms with Gasteiger partial charge in [-0.1, -0.05) is 222 Å². The van der Waals surface area contributed by atoms with Crippen LogP contribution in [0.5, 0.6) is 0 Å². The van der Waals surface area contributed by atoms with Crippen LogP contribution in [-0.2, 0) is 14.3 Å². The molecule has 0 aliphatic heterocycles. The number of aliphatic hydroxyl groups is 2. The normalized spacial score (nSPS) is 13.9. The second-order valence-electron chi connectivity index (χ2n) is 17.0. The van der Waals surface area contributed by atoms with Crippen molar-refractivity contribution >= 4 is 11.9 Å². The molecule has 0 spiro atoms. The summed E-state index contributed by atoms with van der Waals surface area (Å²) in [5.74, 6) is -0.529. The number of ether oxygens (including phenoxy) is 1. The molecule has 0 aromatic heterocycles. The predicted octanol–water partition coefficient (Wildman–Crippen LogP) is 15.0. The number of carbonyl (C=O) groups is 2. The van der Waals surface area contributed by atoms with Crippen molar-refractivity contribution in [3.05, 3.63) is 72.9 Å². The maximum atomic E-state index is 13.2. The number of aliphatic hydroxyl groups excluding tert-OH is 2. The zero-order chi connectivity index (χ0) is 43.8. The van der Waals surface area contributed by atoms with E-state index >= 15 is 0 Å². The first-order valence-corrected chi connectivity index (χ1v) is 25.2. The van der Waals surface area contributed by atoms with E-state index in [1.165, 1.54) is 109 Å². The highest BCUT2D eigenvalue weighted by Crippen LogP contribution is 2.17. The number of hydrogen-bond donors (Lipinski definition) is 3. The third-order valence-electron chi connectivity index (χ3n) is 11.1. The fourth-order valence-corrected chi connectivity index (χ4v) is 7.31. The average Bonchev–Trinajstić information content (AvgIpc) is 3.24. The summed E-state index contributed by atoms with van der Waals surface area (Å²) >= 11 is 0. The molecular formula is C54H95NO5. The first kappa shape index (κ1) is 57.3. The molecule has 3 atom stereocenters. The molecule has 0 aliphatic rings. The van der Waals surface area contributed by atoms with Gasteiger partial charge in [0.2, 0.25) is 5.91 Å². The van der Waals surface area contributed by atoms with Gasteiger partial charge in [0.15, 0.2) is 0 Å². The van der Waals surface area contributed by atoms with Crippen LogP contribution >= 0.6 is 0 Å². The first-order valence-electron chi connectivity index (χ1n) is 25.2. The van der Waals surface area contributed by atoms with Gasteiger partial charge in [-0.05, 0) is 70.6 Å². The molecule has 0 saturated heterocycles. The summed E-state index contributed by atoms with van der Waals surface area (Å²) in [6, 6.07) is -0.719. The van der Waals surface area contributed by atoms with E-state index in [-0.39, 0.29) is 24.9 Å². The van der Waals surface area contributed by atoms with Crippen LogP contribution in [0.4, 0.5) is 0 Å². The standard InChI is InChI=1S/C54H95NO5/c1-4-7-10-13-16-19-22-25-26-29-32-35-38-41-44-47-54(59)60-50(45-42-39-36-33-30-27-23-20-17-14-11-8-5-2)48-53(58)55-51(49-56)52(57)46-43-40-37-34-31-28-24-21-18-15-12-9-6-3/h8,11,14,16-17,19-20,22-23,25,27,30,50-52,56-57H,4-7,9-10,12-13,15,18,21,24,26,28-29,31-49H2,1-3H3,(H,55,58)/b11-8+,17-14+,19-16+,23-20+,25-22+,30-27-. The predicted molar refractivity (Wildman–Crippen MR) is 259 cm³/mol. The Morgan fingerprint density at radius 3 is 1.43 bits per heavy atom. The van der Waals surface area contributed by atoms with Crippen LogP contribution < -0.4 is 5.32 Å². The summed E-state index contributed by atoms with van der Waals surface area (Å²) in [6.07, 6.45) is 59.5. The second kappa shape index (κ2) is 47.4. The first-order chi connectivity index (χ1) is 29.5. The van der Waals surface area contributed by atoms with E-state index in [0.717, 1.165) is 77.0 Å². The zero-order valence-corrected chi connectivity index (χ0v) is 39.3. The minimum absolute atomic E-state index is 0.0441. The summed E-state index contributed by atoms with van der Waals surface area (Å²) in [6.45, 7) is 6.30. The van der Waals surface area contributed by atoms with Crippen molar-refractivity contribution in [2.24, 2.45) is 0 Å². The van der Waals surface area contributed by atoms with Gasteiger partial charge in [0.05, 0.1) is 25.2 Å². The molecule has 0 aromatic rings. The number of hydrogen-bond acceptors (Lipinski definition) is 5. The molecule has 60 heavy (non-hydrogen) atoms. The molecule has 1 amide bonds. The molecule has 6 nitrogen and oxygen atoms in total. The molecule has 0 saturated carbocycles. The lowest BCUT2D eigenvalue weighted by Gasteiger charge is -2.24. The molecule has 0 aromatic carbocycles. The third-order valence-corrected chi connectivity index (χ3v) is 11.1. The Morgan fingerprint density at radius 2 is 0.900 bits per heavy atom. The summed E-state index contributed by atoms with van der Waals surface area (Å²) in [4.78, 5) is 26.1. The van der Waals surface area contributed by atoms with E-state index in [1.807, 2.05) is 24.3 Å². The van der Waals surface area contributed by atoms with Crippen LogP contribution in [0, 0.1) is 0 Å². The van der Waals surface area contributed by atoms with Crippen molar-refractivity contribution in [2.45, 2.75) is 251 Å². The highest BCUT2D eigenvalue weighted by molar-refractivity contribution is 5.77. The van der Waals surface area contributed by atoms with Crippen LogP contribution in [0.25, 0.3) is 0 Å². The Labute approximate surface area is 371 Å². The van der Waals surface area contributed by atoms with Crippen molar-refractivity contribution in [2.75, 3.05) is 6.61 Å². The van der Waals surface area contributed by atoms with Gasteiger partial charge in [-0.25, -0.2) is 0 Å². The highest BCUT2D eigenvalue weighted by Gasteiger charge is 2.24. The van der Waals surface area contributed by atoms with Crippen LogP contribution in [-0.4, -0.2) is 46.9 Å². The van der Waals surface area contributed by atoms with Gasteiger partial charge in [-0.15, -0.1) is 0 Å². The molecule has 0 rings (SSSR count). The maximum Gasteiger partial charge on any atom is 0.306 e. The number of esters is 1. The molecule has 0 bridgehead atoms. The van der Waals surface area contributed by atoms with Gasteiger partial charge in [0, 0.05) is 6.42 Å². The molecule has 0 heterocycles. The van der Waals surface area contributed by atoms with Crippen molar-refractivity contribution in [1.82, 2.24) is 5.32 Å². The zero-order valence-electron chi connectivity index (χ0n) is 39.3. The molecule has 3 N–H and O–H groups in total. The molecule has 6 heteroatoms. The number of allylic oxidation sites excluding steroid dienone is 12. The summed E-state index contributed by atoms with van der Waals surface area (Å²) in [5.41, 5.74) is 0. The van der Waals surface area contributed by atoms with Crippen molar-refractivity contribution in [3.63, 3.8) is 0 Å². The number of nitrogens with one attached hydrogen (secondary N) is 1. The fourth-order valence-electron chi connectivity index (χ4n) is 7.31. The SMILES string of the molecule is CC/C=C/C=C/C=C/C=C\CCCCCC(CC(=O)NC(CO)C(O)CCCCCCCCCCCCCCC)OC(=O)CCCCCCCC/C=C/C=C/CCCCC. The number of carbonyl (C=O) groups excluding carboxylic acids is 2. The topological polar surface area (TPSA) is 95.9 Å². The second-order valence-corrected chi connectivity index (χ2v) is 17.0.